The van der Waals surface area contributed by atoms with Gasteiger partial charge < -0.3 is 16.0 Å². The van der Waals surface area contributed by atoms with E-state index in [0.717, 1.165) is 21.9 Å². The average Bonchev–Trinajstić information content (AvgIpc) is 2.86. The third-order valence-electron chi connectivity index (χ3n) is 6.35. The van der Waals surface area contributed by atoms with Crippen LogP contribution >= 0.6 is 0 Å². The van der Waals surface area contributed by atoms with E-state index in [2.05, 4.69) is 16.0 Å². The zero-order valence-corrected chi connectivity index (χ0v) is 24.6. The molecule has 0 aliphatic rings. The second kappa shape index (κ2) is 13.1. The molecule has 0 aliphatic carbocycles. The number of amides is 3. The topological polar surface area (TPSA) is 121 Å². The van der Waals surface area contributed by atoms with E-state index in [0.29, 0.717) is 6.54 Å². The van der Waals surface area contributed by atoms with Crippen LogP contribution in [0.15, 0.2) is 71.6 Å². The Morgan fingerprint density at radius 1 is 0.850 bits per heavy atom. The van der Waals surface area contributed by atoms with E-state index in [1.807, 2.05) is 70.2 Å². The van der Waals surface area contributed by atoms with E-state index in [4.69, 9.17) is 0 Å². The van der Waals surface area contributed by atoms with Crippen LogP contribution in [0.2, 0.25) is 0 Å². The minimum Gasteiger partial charge on any atom is -0.353 e. The van der Waals surface area contributed by atoms with Gasteiger partial charge in [0.1, 0.15) is 0 Å². The quantitative estimate of drug-likeness (QED) is 0.324. The van der Waals surface area contributed by atoms with Gasteiger partial charge in [0.25, 0.3) is 0 Å². The predicted molar refractivity (Wildman–Crippen MR) is 157 cm³/mol. The summed E-state index contributed by atoms with van der Waals surface area (Å²) in [6.45, 7) is 9.29. The minimum absolute atomic E-state index is 0.00211. The highest BCUT2D eigenvalue weighted by Gasteiger charge is 2.31. The molecule has 0 aromatic heterocycles. The van der Waals surface area contributed by atoms with Gasteiger partial charge in [0, 0.05) is 31.0 Å². The zero-order valence-electron chi connectivity index (χ0n) is 23.8. The van der Waals surface area contributed by atoms with Crippen LogP contribution in [0.1, 0.15) is 51.7 Å². The van der Waals surface area contributed by atoms with Gasteiger partial charge in [-0.25, -0.2) is 8.42 Å². The van der Waals surface area contributed by atoms with Gasteiger partial charge in [0.2, 0.25) is 17.7 Å². The Hall–Kier alpha value is -3.72. The molecule has 0 spiro atoms. The summed E-state index contributed by atoms with van der Waals surface area (Å²) in [7, 11) is -3.85. The van der Waals surface area contributed by atoms with Crippen molar-refractivity contribution in [2.75, 3.05) is 5.75 Å². The maximum Gasteiger partial charge on any atom is 0.224 e. The van der Waals surface area contributed by atoms with Crippen LogP contribution in [0, 0.1) is 12.8 Å². The Morgan fingerprint density at radius 2 is 1.50 bits per heavy atom. The lowest BCUT2D eigenvalue weighted by Crippen LogP contribution is -2.46. The van der Waals surface area contributed by atoms with Crippen molar-refractivity contribution >= 4 is 38.3 Å². The summed E-state index contributed by atoms with van der Waals surface area (Å²) < 4.78 is 26.3. The number of aryl methyl sites for hydroxylation is 1. The maximum absolute atomic E-state index is 13.2. The van der Waals surface area contributed by atoms with E-state index in [1.165, 1.54) is 12.1 Å². The predicted octanol–water partition coefficient (Wildman–Crippen LogP) is 4.05. The van der Waals surface area contributed by atoms with Gasteiger partial charge in [-0.05, 0) is 63.1 Å². The lowest BCUT2D eigenvalue weighted by atomic mass is 10.0. The smallest absolute Gasteiger partial charge is 0.224 e. The van der Waals surface area contributed by atoms with Gasteiger partial charge in [-0.2, -0.15) is 0 Å². The molecule has 9 heteroatoms. The van der Waals surface area contributed by atoms with Crippen molar-refractivity contribution in [1.82, 2.24) is 16.0 Å². The summed E-state index contributed by atoms with van der Waals surface area (Å²) in [5.41, 5.74) is 1.35. The molecule has 0 heterocycles. The van der Waals surface area contributed by atoms with Gasteiger partial charge in [0.05, 0.1) is 16.6 Å². The minimum atomic E-state index is -3.85. The summed E-state index contributed by atoms with van der Waals surface area (Å²) >= 11 is 0. The third-order valence-corrected chi connectivity index (χ3v) is 8.19. The van der Waals surface area contributed by atoms with Crippen molar-refractivity contribution in [2.45, 2.75) is 70.5 Å². The molecule has 3 N–H and O–H groups in total. The van der Waals surface area contributed by atoms with Crippen LogP contribution in [0.3, 0.4) is 0 Å². The fourth-order valence-corrected chi connectivity index (χ4v) is 5.97. The van der Waals surface area contributed by atoms with Gasteiger partial charge in [-0.15, -0.1) is 0 Å². The van der Waals surface area contributed by atoms with Crippen molar-refractivity contribution in [1.29, 1.82) is 0 Å². The second-order valence-corrected chi connectivity index (χ2v) is 13.4. The molecule has 40 heavy (non-hydrogen) atoms. The number of rotatable bonds is 11. The highest BCUT2D eigenvalue weighted by molar-refractivity contribution is 7.91. The summed E-state index contributed by atoms with van der Waals surface area (Å²) in [5.74, 6) is -2.93. The highest BCUT2D eigenvalue weighted by Crippen LogP contribution is 2.20. The second-order valence-electron chi connectivity index (χ2n) is 11.3. The Kier molecular flexibility index (Phi) is 10.1. The van der Waals surface area contributed by atoms with Crippen molar-refractivity contribution in [3.05, 3.63) is 77.9 Å². The molecule has 0 saturated heterocycles. The molecule has 0 bridgehead atoms. The van der Waals surface area contributed by atoms with Crippen LogP contribution in [-0.4, -0.2) is 43.5 Å². The molecule has 3 rings (SSSR count). The molecular formula is C31H39N3O5S. The number of hydrogen-bond donors (Lipinski definition) is 3. The van der Waals surface area contributed by atoms with Gasteiger partial charge in [0.15, 0.2) is 9.84 Å². The van der Waals surface area contributed by atoms with E-state index in [-0.39, 0.29) is 23.6 Å². The average molecular weight is 566 g/mol. The molecule has 0 fully saturated rings. The summed E-state index contributed by atoms with van der Waals surface area (Å²) in [4.78, 5) is 38.7. The van der Waals surface area contributed by atoms with Crippen LogP contribution in [0.25, 0.3) is 10.8 Å². The highest BCUT2D eigenvalue weighted by atomic mass is 32.2. The van der Waals surface area contributed by atoms with Crippen LogP contribution in [0.5, 0.6) is 0 Å². The van der Waals surface area contributed by atoms with Crippen LogP contribution in [0.4, 0.5) is 0 Å². The van der Waals surface area contributed by atoms with Crippen molar-refractivity contribution in [2.24, 2.45) is 5.92 Å². The molecule has 0 saturated carbocycles. The van der Waals surface area contributed by atoms with E-state index in [9.17, 15) is 22.8 Å². The lowest BCUT2D eigenvalue weighted by molar-refractivity contribution is -0.131. The molecule has 2 atom stereocenters. The van der Waals surface area contributed by atoms with Gasteiger partial charge >= 0.3 is 0 Å². The first-order valence-electron chi connectivity index (χ1n) is 13.4. The normalized spacial score (nSPS) is 13.3. The third kappa shape index (κ3) is 9.19. The molecule has 3 aromatic rings. The Bertz CT molecular complexity index is 1460. The SMILES string of the molecule is Cc1ccc(S(=O)(=O)C[C@@H](CC(=O)NC(C)(C)C)C(=O)N[C@@H](C)CC(=O)NCc2cccc3ccccc23)cc1. The number of fused-ring (bicyclic) bond motifs is 1. The molecule has 0 unspecified atom stereocenters. The molecule has 3 amide bonds. The Balaban J connectivity index is 1.65. The van der Waals surface area contributed by atoms with Crippen molar-refractivity contribution in [3.8, 4) is 0 Å². The van der Waals surface area contributed by atoms with Crippen LogP contribution in [-0.2, 0) is 30.8 Å². The summed E-state index contributed by atoms with van der Waals surface area (Å²) in [6.07, 6.45) is -0.295. The summed E-state index contributed by atoms with van der Waals surface area (Å²) in [6, 6.07) is 19.6. The number of carbonyl (C=O) groups excluding carboxylic acids is 3. The molecule has 214 valence electrons. The molecule has 0 radical (unpaired) electrons. The Morgan fingerprint density at radius 3 is 2.17 bits per heavy atom. The largest absolute Gasteiger partial charge is 0.353 e. The Labute approximate surface area is 236 Å². The van der Waals surface area contributed by atoms with Crippen molar-refractivity contribution in [3.63, 3.8) is 0 Å². The monoisotopic (exact) mass is 565 g/mol. The molecule has 0 aliphatic heterocycles. The maximum atomic E-state index is 13.2. The standard InChI is InChI=1S/C31H39N3O5S/c1-21-13-15-26(16-14-21)40(38,39)20-25(18-29(36)34-31(3,4)5)30(37)33-22(2)17-28(35)32-19-24-11-8-10-23-9-6-7-12-27(23)24/h6-16,22,25H,17-20H2,1-5H3,(H,32,35)(H,33,37)(H,34,36)/t22-,25+/m0/s1. The number of hydrogen-bond acceptors (Lipinski definition) is 5. The first kappa shape index (κ1) is 30.8. The molecular weight excluding hydrogens is 526 g/mol. The molecule has 8 nitrogen and oxygen atoms in total. The summed E-state index contributed by atoms with van der Waals surface area (Å²) in [5, 5.41) is 10.6. The van der Waals surface area contributed by atoms with Gasteiger partial charge in [-0.1, -0.05) is 60.2 Å². The number of carbonyl (C=O) groups is 3. The van der Waals surface area contributed by atoms with E-state index >= 15 is 0 Å². The van der Waals surface area contributed by atoms with Gasteiger partial charge in [-0.3, -0.25) is 14.4 Å². The fourth-order valence-electron chi connectivity index (χ4n) is 4.43. The number of benzene rings is 3. The first-order chi connectivity index (χ1) is 18.7. The zero-order chi connectivity index (χ0) is 29.5. The lowest BCUT2D eigenvalue weighted by Gasteiger charge is -2.24. The number of nitrogens with one attached hydrogen (secondary N) is 3. The van der Waals surface area contributed by atoms with Crippen LogP contribution < -0.4 is 16.0 Å². The van der Waals surface area contributed by atoms with Crippen molar-refractivity contribution < 1.29 is 22.8 Å². The van der Waals surface area contributed by atoms with E-state index < -0.39 is 44.9 Å². The van der Waals surface area contributed by atoms with E-state index in [1.54, 1.807) is 19.1 Å². The number of sulfone groups is 1. The fraction of sp³-hybridized carbons (Fsp3) is 0.387. The molecule has 3 aromatic carbocycles. The first-order valence-corrected chi connectivity index (χ1v) is 15.0.